The lowest BCUT2D eigenvalue weighted by Crippen LogP contribution is -2.35. The Kier molecular flexibility index (Phi) is 5.95. The smallest absolute Gasteiger partial charge is 0.404 e. The monoisotopic (exact) mass is 296 g/mol. The Morgan fingerprint density at radius 2 is 2.43 bits per heavy atom. The molecule has 2 rings (SSSR count). The number of nitrogens with one attached hydrogen (secondary N) is 2. The minimum Gasteiger partial charge on any atom is -0.465 e. The van der Waals surface area contributed by atoms with Gasteiger partial charge in [-0.1, -0.05) is 12.1 Å². The predicted molar refractivity (Wildman–Crippen MR) is 76.7 cm³/mol. The maximum Gasteiger partial charge on any atom is 0.404 e. The molecule has 1 saturated heterocycles. The molecule has 6 heteroatoms. The van der Waals surface area contributed by atoms with E-state index in [1.54, 1.807) is 6.07 Å². The van der Waals surface area contributed by atoms with Crippen LogP contribution >= 0.6 is 0 Å². The van der Waals surface area contributed by atoms with Crippen molar-refractivity contribution in [2.75, 3.05) is 26.2 Å². The third kappa shape index (κ3) is 4.99. The molecule has 0 spiro atoms. The molecule has 1 aliphatic rings. The largest absolute Gasteiger partial charge is 0.465 e. The molecule has 3 N–H and O–H groups in total. The van der Waals surface area contributed by atoms with E-state index in [9.17, 15) is 9.18 Å². The summed E-state index contributed by atoms with van der Waals surface area (Å²) in [6.45, 7) is 2.31. The fraction of sp³-hybridized carbons (Fsp3) is 0.533. The van der Waals surface area contributed by atoms with Gasteiger partial charge in [-0.25, -0.2) is 9.18 Å². The summed E-state index contributed by atoms with van der Waals surface area (Å²) in [5, 5.41) is 14.1. The van der Waals surface area contributed by atoms with Crippen LogP contribution in [0.4, 0.5) is 9.18 Å². The second-order valence-corrected chi connectivity index (χ2v) is 5.18. The maximum atomic E-state index is 13.4. The normalized spacial score (nSPS) is 20.0. The first-order valence-corrected chi connectivity index (χ1v) is 7.21. The molecule has 2 atom stereocenters. The van der Waals surface area contributed by atoms with Crippen LogP contribution in [0.2, 0.25) is 0 Å². The lowest BCUT2D eigenvalue weighted by Gasteiger charge is -2.31. The molecule has 1 aliphatic heterocycles. The molecule has 0 aliphatic carbocycles. The Morgan fingerprint density at radius 1 is 1.57 bits per heavy atom. The number of carboxylic acid groups (broad SMARTS) is 1. The van der Waals surface area contributed by atoms with Gasteiger partial charge in [-0.2, -0.15) is 0 Å². The standard InChI is InChI=1S/C15H21FN2O3/c16-13-5-1-3-11(9-13)14(12-4-2-6-17-10-12)21-8-7-18-15(19)20/h1,3,5,9,12,14,17-18H,2,4,6-8,10H2,(H,19,20)/t12-,14+/m1/s1. The highest BCUT2D eigenvalue weighted by atomic mass is 19.1. The van der Waals surface area contributed by atoms with Gasteiger partial charge in [0.05, 0.1) is 12.7 Å². The Hall–Kier alpha value is -1.66. The van der Waals surface area contributed by atoms with Crippen LogP contribution in [0.25, 0.3) is 0 Å². The zero-order chi connectivity index (χ0) is 15.1. The maximum absolute atomic E-state index is 13.4. The van der Waals surface area contributed by atoms with Gasteiger partial charge in [-0.05, 0) is 37.1 Å². The van der Waals surface area contributed by atoms with Crippen LogP contribution < -0.4 is 10.6 Å². The van der Waals surface area contributed by atoms with Crippen molar-refractivity contribution >= 4 is 6.09 Å². The predicted octanol–water partition coefficient (Wildman–Crippen LogP) is 2.15. The first-order valence-electron chi connectivity index (χ1n) is 7.21. The summed E-state index contributed by atoms with van der Waals surface area (Å²) >= 11 is 0. The van der Waals surface area contributed by atoms with Crippen LogP contribution in [0.5, 0.6) is 0 Å². The molecule has 116 valence electrons. The van der Waals surface area contributed by atoms with Crippen LogP contribution in [0, 0.1) is 11.7 Å². The summed E-state index contributed by atoms with van der Waals surface area (Å²) in [4.78, 5) is 10.4. The highest BCUT2D eigenvalue weighted by molar-refractivity contribution is 5.64. The molecule has 1 heterocycles. The van der Waals surface area contributed by atoms with Gasteiger partial charge in [-0.15, -0.1) is 0 Å². The highest BCUT2D eigenvalue weighted by Gasteiger charge is 2.26. The van der Waals surface area contributed by atoms with Crippen molar-refractivity contribution in [1.82, 2.24) is 10.6 Å². The number of piperidine rings is 1. The van der Waals surface area contributed by atoms with Gasteiger partial charge >= 0.3 is 6.09 Å². The van der Waals surface area contributed by atoms with Gasteiger partial charge in [0.15, 0.2) is 0 Å². The summed E-state index contributed by atoms with van der Waals surface area (Å²) in [6.07, 6.45) is 0.789. The van der Waals surface area contributed by atoms with Crippen LogP contribution in [0.15, 0.2) is 24.3 Å². The molecule has 21 heavy (non-hydrogen) atoms. The van der Waals surface area contributed by atoms with Gasteiger partial charge in [0.25, 0.3) is 0 Å². The summed E-state index contributed by atoms with van der Waals surface area (Å²) in [5.74, 6) is -0.0149. The lowest BCUT2D eigenvalue weighted by molar-refractivity contribution is 0.00477. The van der Waals surface area contributed by atoms with Gasteiger partial charge in [0.2, 0.25) is 0 Å². The summed E-state index contributed by atoms with van der Waals surface area (Å²) in [5.41, 5.74) is 0.805. The SMILES string of the molecule is O=C(O)NCCO[C@@H](c1cccc(F)c1)[C@@H]1CCCNC1. The number of rotatable bonds is 6. The Balaban J connectivity index is 2.01. The number of hydrogen-bond acceptors (Lipinski definition) is 3. The third-order valence-electron chi connectivity index (χ3n) is 3.62. The molecular formula is C15H21FN2O3. The fourth-order valence-electron chi connectivity index (χ4n) is 2.67. The van der Waals surface area contributed by atoms with E-state index in [2.05, 4.69) is 10.6 Å². The molecular weight excluding hydrogens is 275 g/mol. The zero-order valence-corrected chi connectivity index (χ0v) is 11.8. The van der Waals surface area contributed by atoms with Gasteiger partial charge in [-0.3, -0.25) is 0 Å². The molecule has 1 amide bonds. The average Bonchev–Trinajstić information content (AvgIpc) is 2.48. The van der Waals surface area contributed by atoms with Crippen molar-refractivity contribution in [2.24, 2.45) is 5.92 Å². The quantitative estimate of drug-likeness (QED) is 0.704. The molecule has 0 radical (unpaired) electrons. The molecule has 1 aromatic carbocycles. The van der Waals surface area contributed by atoms with Crippen molar-refractivity contribution in [3.8, 4) is 0 Å². The van der Waals surface area contributed by atoms with Gasteiger partial charge < -0.3 is 20.5 Å². The van der Waals surface area contributed by atoms with Crippen molar-refractivity contribution in [2.45, 2.75) is 18.9 Å². The fourth-order valence-corrected chi connectivity index (χ4v) is 2.67. The van der Waals surface area contributed by atoms with Crippen molar-refractivity contribution < 1.29 is 19.0 Å². The molecule has 0 saturated carbocycles. The highest BCUT2D eigenvalue weighted by Crippen LogP contribution is 2.30. The Morgan fingerprint density at radius 3 is 3.10 bits per heavy atom. The van der Waals surface area contributed by atoms with E-state index >= 15 is 0 Å². The molecule has 1 fully saturated rings. The molecule has 0 aromatic heterocycles. The van der Waals surface area contributed by atoms with Crippen molar-refractivity contribution in [3.63, 3.8) is 0 Å². The van der Waals surface area contributed by atoms with E-state index in [1.807, 2.05) is 6.07 Å². The molecule has 0 unspecified atom stereocenters. The minimum atomic E-state index is -1.07. The summed E-state index contributed by atoms with van der Waals surface area (Å²) < 4.78 is 19.3. The van der Waals surface area contributed by atoms with Crippen LogP contribution in [0.3, 0.4) is 0 Å². The number of carbonyl (C=O) groups is 1. The number of hydrogen-bond donors (Lipinski definition) is 3. The zero-order valence-electron chi connectivity index (χ0n) is 11.8. The number of benzene rings is 1. The summed E-state index contributed by atoms with van der Waals surface area (Å²) in [7, 11) is 0. The first-order chi connectivity index (χ1) is 10.2. The van der Waals surface area contributed by atoms with E-state index in [0.717, 1.165) is 31.5 Å². The van der Waals surface area contributed by atoms with Crippen molar-refractivity contribution in [3.05, 3.63) is 35.6 Å². The Labute approximate surface area is 123 Å². The van der Waals surface area contributed by atoms with Crippen molar-refractivity contribution in [1.29, 1.82) is 0 Å². The topological polar surface area (TPSA) is 70.6 Å². The second-order valence-electron chi connectivity index (χ2n) is 5.18. The van der Waals surface area contributed by atoms with E-state index in [-0.39, 0.29) is 31.0 Å². The van der Waals surface area contributed by atoms with Gasteiger partial charge in [0.1, 0.15) is 5.82 Å². The van der Waals surface area contributed by atoms with Crippen LogP contribution in [0.1, 0.15) is 24.5 Å². The van der Waals surface area contributed by atoms with Crippen LogP contribution in [-0.2, 0) is 4.74 Å². The van der Waals surface area contributed by atoms with E-state index in [4.69, 9.17) is 9.84 Å². The molecule has 5 nitrogen and oxygen atoms in total. The number of ether oxygens (including phenoxy) is 1. The lowest BCUT2D eigenvalue weighted by atomic mass is 9.89. The average molecular weight is 296 g/mol. The van der Waals surface area contributed by atoms with E-state index < -0.39 is 6.09 Å². The van der Waals surface area contributed by atoms with E-state index in [1.165, 1.54) is 12.1 Å². The van der Waals surface area contributed by atoms with E-state index in [0.29, 0.717) is 0 Å². The third-order valence-corrected chi connectivity index (χ3v) is 3.62. The number of amides is 1. The molecule has 0 bridgehead atoms. The summed E-state index contributed by atoms with van der Waals surface area (Å²) in [6, 6.07) is 6.43. The number of halogens is 1. The molecule has 1 aromatic rings. The first kappa shape index (κ1) is 15.7. The second kappa shape index (κ2) is 7.95. The van der Waals surface area contributed by atoms with Crippen LogP contribution in [-0.4, -0.2) is 37.4 Å². The van der Waals surface area contributed by atoms with Gasteiger partial charge in [0, 0.05) is 19.0 Å². The minimum absolute atomic E-state index is 0.218. The Bertz CT molecular complexity index is 464.